The number of carbonyl (C=O) groups is 1. The van der Waals surface area contributed by atoms with Gasteiger partial charge in [0.2, 0.25) is 0 Å². The minimum atomic E-state index is -0.867. The molecule has 1 aliphatic carbocycles. The average molecular weight is 464 g/mol. The predicted molar refractivity (Wildman–Crippen MR) is 48.3 cm³/mol. The number of rotatable bonds is 2. The Labute approximate surface area is 122 Å². The van der Waals surface area contributed by atoms with Crippen molar-refractivity contribution in [2.24, 2.45) is 11.8 Å². The van der Waals surface area contributed by atoms with Gasteiger partial charge in [-0.25, -0.2) is 0 Å². The van der Waals surface area contributed by atoms with Crippen LogP contribution >= 0.6 is 15.9 Å². The van der Waals surface area contributed by atoms with Crippen LogP contribution < -0.4 is 0 Å². The molecule has 0 amide bonds. The summed E-state index contributed by atoms with van der Waals surface area (Å²) in [6, 6.07) is 0. The number of carboxylic acids is 1. The molecule has 73 valence electrons. The van der Waals surface area contributed by atoms with Crippen LogP contribution in [0.4, 0.5) is 0 Å². The number of aliphatic hydroxyl groups is 1. The van der Waals surface area contributed by atoms with Gasteiger partial charge in [0.15, 0.2) is 0 Å². The topological polar surface area (TPSA) is 57.5 Å². The van der Waals surface area contributed by atoms with Crippen molar-refractivity contribution in [3.63, 3.8) is 0 Å². The molecule has 2 N–H and O–H groups in total. The Morgan fingerprint density at radius 3 is 2.54 bits per heavy atom. The van der Waals surface area contributed by atoms with Crippen LogP contribution in [0.2, 0.25) is 0 Å². The molecule has 3 nitrogen and oxygen atoms in total. The van der Waals surface area contributed by atoms with Crippen molar-refractivity contribution in [1.82, 2.24) is 0 Å². The maximum absolute atomic E-state index is 10.7. The number of hydrogen-bond acceptors (Lipinski definition) is 2. The number of aliphatic carboxylic acids is 1. The Morgan fingerprint density at radius 2 is 2.08 bits per heavy atom. The standard InChI is InChI=1S/C8H13BrO3.Ac/c9-4-5-1-2-7(10)6(3-5)8(11)12;/h5-7,10H,1-4H2,(H,11,12);. The SMILES string of the molecule is O=C(O)C1CC(CBr)CCC1O.[Ac]. The van der Waals surface area contributed by atoms with E-state index in [1.54, 1.807) is 0 Å². The van der Waals surface area contributed by atoms with Crippen LogP contribution in [0.25, 0.3) is 0 Å². The van der Waals surface area contributed by atoms with Gasteiger partial charge in [-0.2, -0.15) is 0 Å². The summed E-state index contributed by atoms with van der Waals surface area (Å²) in [5.41, 5.74) is 0. The van der Waals surface area contributed by atoms with Crippen LogP contribution in [0.5, 0.6) is 0 Å². The van der Waals surface area contributed by atoms with Gasteiger partial charge >= 0.3 is 5.97 Å². The number of alkyl halides is 1. The Bertz CT molecular complexity index is 177. The molecular weight excluding hydrogens is 451 g/mol. The van der Waals surface area contributed by atoms with Crippen LogP contribution in [0.15, 0.2) is 0 Å². The summed E-state index contributed by atoms with van der Waals surface area (Å²) in [4.78, 5) is 10.7. The second-order valence-electron chi connectivity index (χ2n) is 3.35. The van der Waals surface area contributed by atoms with Crippen LogP contribution in [-0.2, 0) is 4.79 Å². The van der Waals surface area contributed by atoms with Crippen molar-refractivity contribution in [2.45, 2.75) is 25.4 Å². The third kappa shape index (κ3) is 4.15. The van der Waals surface area contributed by atoms with Gasteiger partial charge in [-0.1, -0.05) is 15.9 Å². The van der Waals surface area contributed by atoms with Gasteiger partial charge in [-0.05, 0) is 25.2 Å². The Hall–Kier alpha value is 1.35. The monoisotopic (exact) mass is 463 g/mol. The molecule has 1 aliphatic rings. The van der Waals surface area contributed by atoms with E-state index in [0.717, 1.165) is 11.8 Å². The first-order valence-electron chi connectivity index (χ1n) is 4.12. The number of halogens is 1. The molecule has 3 atom stereocenters. The normalized spacial score (nSPS) is 33.5. The minimum absolute atomic E-state index is 0. The van der Waals surface area contributed by atoms with Crippen molar-refractivity contribution in [1.29, 1.82) is 0 Å². The van der Waals surface area contributed by atoms with E-state index in [4.69, 9.17) is 5.11 Å². The molecule has 1 rings (SSSR count). The molecule has 13 heavy (non-hydrogen) atoms. The molecule has 0 aromatic heterocycles. The molecule has 5 heteroatoms. The second kappa shape index (κ2) is 6.77. The molecule has 0 heterocycles. The van der Waals surface area contributed by atoms with E-state index in [1.165, 1.54) is 0 Å². The summed E-state index contributed by atoms with van der Waals surface area (Å²) in [7, 11) is 0. The quantitative estimate of drug-likeness (QED) is 0.606. The van der Waals surface area contributed by atoms with E-state index in [1.807, 2.05) is 0 Å². The maximum Gasteiger partial charge on any atom is 0.309 e. The van der Waals surface area contributed by atoms with Gasteiger partial charge in [0.05, 0.1) is 12.0 Å². The summed E-state index contributed by atoms with van der Waals surface area (Å²) in [6.45, 7) is 0. The van der Waals surface area contributed by atoms with E-state index in [0.29, 0.717) is 18.8 Å². The summed E-state index contributed by atoms with van der Waals surface area (Å²) in [6.07, 6.45) is 1.50. The second-order valence-corrected chi connectivity index (χ2v) is 3.99. The third-order valence-electron chi connectivity index (χ3n) is 2.46. The fourth-order valence-electron chi connectivity index (χ4n) is 1.65. The van der Waals surface area contributed by atoms with Crippen molar-refractivity contribution in [2.75, 3.05) is 5.33 Å². The zero-order chi connectivity index (χ0) is 9.14. The summed E-state index contributed by atoms with van der Waals surface area (Å²) >= 11 is 3.33. The zero-order valence-corrected chi connectivity index (χ0v) is 13.7. The van der Waals surface area contributed by atoms with Crippen LogP contribution in [0.1, 0.15) is 19.3 Å². The molecule has 0 aromatic carbocycles. The molecule has 1 saturated carbocycles. The van der Waals surface area contributed by atoms with Gasteiger partial charge in [0, 0.05) is 49.4 Å². The van der Waals surface area contributed by atoms with Crippen LogP contribution in [-0.4, -0.2) is 27.6 Å². The first kappa shape index (κ1) is 14.4. The Balaban J connectivity index is 0.00000144. The Kier molecular flexibility index (Phi) is 7.47. The molecule has 0 saturated heterocycles. The van der Waals surface area contributed by atoms with Gasteiger partial charge < -0.3 is 10.2 Å². The fraction of sp³-hybridized carbons (Fsp3) is 0.875. The summed E-state index contributed by atoms with van der Waals surface area (Å²) < 4.78 is 0. The largest absolute Gasteiger partial charge is 0.481 e. The van der Waals surface area contributed by atoms with E-state index < -0.39 is 18.0 Å². The fourth-order valence-corrected chi connectivity index (χ4v) is 2.24. The molecule has 0 bridgehead atoms. The van der Waals surface area contributed by atoms with E-state index >= 15 is 0 Å². The molecule has 3 unspecified atom stereocenters. The van der Waals surface area contributed by atoms with Gasteiger partial charge in [-0.15, -0.1) is 0 Å². The smallest absolute Gasteiger partial charge is 0.309 e. The first-order chi connectivity index (χ1) is 5.65. The van der Waals surface area contributed by atoms with Gasteiger partial charge in [0.1, 0.15) is 0 Å². The van der Waals surface area contributed by atoms with Crippen molar-refractivity contribution >= 4 is 21.9 Å². The van der Waals surface area contributed by atoms with E-state index in [-0.39, 0.29) is 44.1 Å². The van der Waals surface area contributed by atoms with E-state index in [2.05, 4.69) is 15.9 Å². The van der Waals surface area contributed by atoms with Crippen molar-refractivity contribution < 1.29 is 59.1 Å². The van der Waals surface area contributed by atoms with Crippen molar-refractivity contribution in [3.05, 3.63) is 0 Å². The molecule has 0 aromatic rings. The Morgan fingerprint density at radius 1 is 1.46 bits per heavy atom. The number of hydrogen-bond donors (Lipinski definition) is 2. The summed E-state index contributed by atoms with van der Waals surface area (Å²) in [5.74, 6) is -1.01. The van der Waals surface area contributed by atoms with Crippen LogP contribution in [0, 0.1) is 55.9 Å². The molecule has 1 fully saturated rings. The van der Waals surface area contributed by atoms with Gasteiger partial charge in [-0.3, -0.25) is 4.79 Å². The molecule has 0 aliphatic heterocycles. The molecule has 0 spiro atoms. The predicted octanol–water partition coefficient (Wildman–Crippen LogP) is 1.24. The molecule has 1 radical (unpaired) electrons. The molecular formula is C8H13AcBrO3. The maximum atomic E-state index is 10.7. The van der Waals surface area contributed by atoms with E-state index in [9.17, 15) is 9.90 Å². The van der Waals surface area contributed by atoms with Gasteiger partial charge in [0.25, 0.3) is 0 Å². The average Bonchev–Trinajstić information content (AvgIpc) is 2.05. The van der Waals surface area contributed by atoms with Crippen molar-refractivity contribution in [3.8, 4) is 0 Å². The first-order valence-corrected chi connectivity index (χ1v) is 5.24. The number of aliphatic hydroxyl groups excluding tert-OH is 1. The third-order valence-corrected chi connectivity index (χ3v) is 3.37. The minimum Gasteiger partial charge on any atom is -0.481 e. The summed E-state index contributed by atoms with van der Waals surface area (Å²) in [5, 5.41) is 18.9. The zero-order valence-electron chi connectivity index (χ0n) is 7.32. The van der Waals surface area contributed by atoms with Crippen LogP contribution in [0.3, 0.4) is 0 Å². The number of carboxylic acid groups (broad SMARTS) is 1.